The molecule has 0 heterocycles. The summed E-state index contributed by atoms with van der Waals surface area (Å²) in [5.41, 5.74) is 1.87. The fourth-order valence-electron chi connectivity index (χ4n) is 2.02. The summed E-state index contributed by atoms with van der Waals surface area (Å²) in [7, 11) is 0. The van der Waals surface area contributed by atoms with Gasteiger partial charge in [0.15, 0.2) is 11.6 Å². The topological polar surface area (TPSA) is 29.5 Å². The molecular formula is C17H19FO2. The summed E-state index contributed by atoms with van der Waals surface area (Å²) in [4.78, 5) is 0. The quantitative estimate of drug-likeness (QED) is 0.780. The van der Waals surface area contributed by atoms with E-state index in [2.05, 4.69) is 12.1 Å². The molecule has 0 amide bonds. The molecule has 3 heteroatoms. The maximum atomic E-state index is 13.6. The zero-order valence-corrected chi connectivity index (χ0v) is 11.4. The molecule has 2 rings (SSSR count). The Morgan fingerprint density at radius 2 is 1.75 bits per heavy atom. The molecule has 0 atom stereocenters. The van der Waals surface area contributed by atoms with Gasteiger partial charge in [0, 0.05) is 0 Å². The second-order valence-corrected chi connectivity index (χ2v) is 4.71. The van der Waals surface area contributed by atoms with Crippen LogP contribution >= 0.6 is 0 Å². The Balaban J connectivity index is 1.71. The van der Waals surface area contributed by atoms with Crippen LogP contribution in [0.3, 0.4) is 0 Å². The Morgan fingerprint density at radius 1 is 0.950 bits per heavy atom. The van der Waals surface area contributed by atoms with E-state index in [1.54, 1.807) is 12.1 Å². The standard InChI is InChI=1S/C17H19FO2/c18-16-12-15(13-19)9-10-17(16)20-11-5-4-8-14-6-2-1-3-7-14/h1-3,6-7,9-10,12,19H,4-5,8,11,13H2. The van der Waals surface area contributed by atoms with Crippen molar-refractivity contribution in [3.8, 4) is 5.75 Å². The maximum Gasteiger partial charge on any atom is 0.165 e. The molecule has 0 aliphatic rings. The molecule has 2 aromatic rings. The second-order valence-electron chi connectivity index (χ2n) is 4.71. The number of hydrogen-bond donors (Lipinski definition) is 1. The van der Waals surface area contributed by atoms with Gasteiger partial charge in [-0.25, -0.2) is 4.39 Å². The van der Waals surface area contributed by atoms with Crippen LogP contribution in [0.5, 0.6) is 5.75 Å². The molecule has 0 radical (unpaired) electrons. The lowest BCUT2D eigenvalue weighted by atomic mass is 10.1. The molecule has 0 saturated carbocycles. The number of rotatable bonds is 7. The van der Waals surface area contributed by atoms with Crippen LogP contribution in [-0.2, 0) is 13.0 Å². The summed E-state index contributed by atoms with van der Waals surface area (Å²) in [6.07, 6.45) is 2.91. The minimum absolute atomic E-state index is 0.158. The molecule has 0 aromatic heterocycles. The van der Waals surface area contributed by atoms with Crippen molar-refractivity contribution >= 4 is 0 Å². The number of aliphatic hydroxyl groups excluding tert-OH is 1. The first-order valence-electron chi connectivity index (χ1n) is 6.85. The van der Waals surface area contributed by atoms with Gasteiger partial charge in [-0.05, 0) is 42.5 Å². The Morgan fingerprint density at radius 3 is 2.45 bits per heavy atom. The number of unbranched alkanes of at least 4 members (excludes halogenated alkanes) is 1. The number of ether oxygens (including phenoxy) is 1. The number of hydrogen-bond acceptors (Lipinski definition) is 2. The average molecular weight is 274 g/mol. The van der Waals surface area contributed by atoms with E-state index >= 15 is 0 Å². The van der Waals surface area contributed by atoms with Crippen LogP contribution in [-0.4, -0.2) is 11.7 Å². The minimum Gasteiger partial charge on any atom is -0.491 e. The van der Waals surface area contributed by atoms with E-state index in [9.17, 15) is 4.39 Å². The van der Waals surface area contributed by atoms with Crippen LogP contribution in [0.2, 0.25) is 0 Å². The van der Waals surface area contributed by atoms with Crippen molar-refractivity contribution in [3.63, 3.8) is 0 Å². The van der Waals surface area contributed by atoms with Crippen molar-refractivity contribution in [2.75, 3.05) is 6.61 Å². The van der Waals surface area contributed by atoms with Gasteiger partial charge in [-0.1, -0.05) is 36.4 Å². The van der Waals surface area contributed by atoms with Crippen molar-refractivity contribution in [2.45, 2.75) is 25.9 Å². The van der Waals surface area contributed by atoms with E-state index in [0.717, 1.165) is 19.3 Å². The Kier molecular flexibility index (Phi) is 5.56. The molecule has 0 bridgehead atoms. The van der Waals surface area contributed by atoms with Crippen LogP contribution in [0.1, 0.15) is 24.0 Å². The van der Waals surface area contributed by atoms with Crippen molar-refractivity contribution in [2.24, 2.45) is 0 Å². The van der Waals surface area contributed by atoms with E-state index in [1.165, 1.54) is 11.6 Å². The smallest absolute Gasteiger partial charge is 0.165 e. The third-order valence-electron chi connectivity index (χ3n) is 3.14. The van der Waals surface area contributed by atoms with Crippen molar-refractivity contribution in [3.05, 3.63) is 65.5 Å². The SMILES string of the molecule is OCc1ccc(OCCCCc2ccccc2)c(F)c1. The average Bonchev–Trinajstić information content (AvgIpc) is 2.49. The third kappa shape index (κ3) is 4.35. The van der Waals surface area contributed by atoms with Crippen molar-refractivity contribution < 1.29 is 14.2 Å². The molecule has 2 aromatic carbocycles. The molecule has 0 saturated heterocycles. The van der Waals surface area contributed by atoms with Gasteiger partial charge >= 0.3 is 0 Å². The summed E-state index contributed by atoms with van der Waals surface area (Å²) >= 11 is 0. The van der Waals surface area contributed by atoms with E-state index in [0.29, 0.717) is 12.2 Å². The fraction of sp³-hybridized carbons (Fsp3) is 0.294. The van der Waals surface area contributed by atoms with Gasteiger partial charge in [-0.15, -0.1) is 0 Å². The molecule has 20 heavy (non-hydrogen) atoms. The predicted molar refractivity (Wildman–Crippen MR) is 77.2 cm³/mol. The number of aryl methyl sites for hydroxylation is 1. The minimum atomic E-state index is -0.417. The normalized spacial score (nSPS) is 10.5. The van der Waals surface area contributed by atoms with Gasteiger partial charge in [0.05, 0.1) is 13.2 Å². The van der Waals surface area contributed by atoms with E-state index < -0.39 is 5.82 Å². The molecule has 2 nitrogen and oxygen atoms in total. The van der Waals surface area contributed by atoms with Gasteiger partial charge < -0.3 is 9.84 Å². The van der Waals surface area contributed by atoms with Gasteiger partial charge in [0.2, 0.25) is 0 Å². The predicted octanol–water partition coefficient (Wildman–Crippen LogP) is 3.72. The Bertz CT molecular complexity index is 526. The highest BCUT2D eigenvalue weighted by molar-refractivity contribution is 5.28. The van der Waals surface area contributed by atoms with Crippen LogP contribution in [0.15, 0.2) is 48.5 Å². The maximum absolute atomic E-state index is 13.6. The first-order chi connectivity index (χ1) is 9.79. The fourth-order valence-corrected chi connectivity index (χ4v) is 2.02. The Hall–Kier alpha value is -1.87. The van der Waals surface area contributed by atoms with Crippen molar-refractivity contribution in [1.29, 1.82) is 0 Å². The lowest BCUT2D eigenvalue weighted by Gasteiger charge is -2.08. The van der Waals surface area contributed by atoms with Gasteiger partial charge in [-0.3, -0.25) is 0 Å². The van der Waals surface area contributed by atoms with E-state index in [1.807, 2.05) is 18.2 Å². The van der Waals surface area contributed by atoms with E-state index in [4.69, 9.17) is 9.84 Å². The summed E-state index contributed by atoms with van der Waals surface area (Å²) in [5, 5.41) is 8.90. The Labute approximate surface area is 118 Å². The first kappa shape index (κ1) is 14.5. The summed E-state index contributed by atoms with van der Waals surface area (Å²) in [5.74, 6) is -0.165. The van der Waals surface area contributed by atoms with Gasteiger partial charge in [0.25, 0.3) is 0 Å². The molecule has 0 spiro atoms. The number of benzene rings is 2. The number of halogens is 1. The lowest BCUT2D eigenvalue weighted by Crippen LogP contribution is -2.00. The molecule has 106 valence electrons. The van der Waals surface area contributed by atoms with Crippen LogP contribution < -0.4 is 4.74 Å². The molecule has 0 aliphatic heterocycles. The van der Waals surface area contributed by atoms with Gasteiger partial charge in [0.1, 0.15) is 0 Å². The molecular weight excluding hydrogens is 255 g/mol. The molecule has 0 aliphatic carbocycles. The van der Waals surface area contributed by atoms with E-state index in [-0.39, 0.29) is 12.4 Å². The molecule has 0 unspecified atom stereocenters. The monoisotopic (exact) mass is 274 g/mol. The lowest BCUT2D eigenvalue weighted by molar-refractivity contribution is 0.277. The summed E-state index contributed by atoms with van der Waals surface area (Å²) in [6, 6.07) is 14.8. The van der Waals surface area contributed by atoms with Gasteiger partial charge in [-0.2, -0.15) is 0 Å². The largest absolute Gasteiger partial charge is 0.491 e. The van der Waals surface area contributed by atoms with Crippen LogP contribution in [0.4, 0.5) is 4.39 Å². The zero-order valence-electron chi connectivity index (χ0n) is 11.4. The second kappa shape index (κ2) is 7.65. The van der Waals surface area contributed by atoms with Crippen molar-refractivity contribution in [1.82, 2.24) is 0 Å². The highest BCUT2D eigenvalue weighted by Gasteiger charge is 2.04. The summed E-state index contributed by atoms with van der Waals surface area (Å²) < 4.78 is 19.0. The van der Waals surface area contributed by atoms with Crippen LogP contribution in [0.25, 0.3) is 0 Å². The third-order valence-corrected chi connectivity index (χ3v) is 3.14. The summed E-state index contributed by atoms with van der Waals surface area (Å²) in [6.45, 7) is 0.344. The first-order valence-corrected chi connectivity index (χ1v) is 6.85. The van der Waals surface area contributed by atoms with Crippen LogP contribution in [0, 0.1) is 5.82 Å². The highest BCUT2D eigenvalue weighted by Crippen LogP contribution is 2.18. The molecule has 1 N–H and O–H groups in total. The number of aliphatic hydroxyl groups is 1. The zero-order chi connectivity index (χ0) is 14.2. The highest BCUT2D eigenvalue weighted by atomic mass is 19.1. The molecule has 0 fully saturated rings.